The molecule has 0 saturated carbocycles. The van der Waals surface area contributed by atoms with Crippen LogP contribution < -0.4 is 20.3 Å². The van der Waals surface area contributed by atoms with Crippen LogP contribution in [0.5, 0.6) is 5.75 Å². The molecule has 3 aliphatic rings. The average Bonchev–Trinajstić information content (AvgIpc) is 3.45. The predicted octanol–water partition coefficient (Wildman–Crippen LogP) is 5.39. The Morgan fingerprint density at radius 2 is 1.55 bits per heavy atom. The standard InChI is InChI=1S/C40H53FN4O7S/c1-4-10-27(36(46)42-30-11-7-8-23-44(38(30)48)32-12-5-6-14-34(32)51-2)18-19-28(25-26-16-20-29(41)21-17-26)37(47)43-31-22-24-53-35-15-9-13-33(40(50)52-3)45(35)39(31)49/h5-6,12,14,16-17,20-21,27-28,30-31,33,35H,4,7-11,13,15,18-19,22-25H2,1-3H3,(H,42,46)(H,43,47)/t27-,28+,30-,31-,33-,35-/m0/s1. The molecule has 2 aromatic carbocycles. The van der Waals surface area contributed by atoms with Crippen LogP contribution in [0.4, 0.5) is 10.1 Å². The van der Waals surface area contributed by atoms with Crippen LogP contribution in [-0.2, 0) is 35.1 Å². The van der Waals surface area contributed by atoms with E-state index in [-0.39, 0.29) is 41.2 Å². The van der Waals surface area contributed by atoms with Gasteiger partial charge in [-0.05, 0) is 106 Å². The Kier molecular flexibility index (Phi) is 14.6. The number of thioether (sulfide) groups is 1. The molecular weight excluding hydrogens is 700 g/mol. The zero-order valence-corrected chi connectivity index (χ0v) is 31.8. The van der Waals surface area contributed by atoms with Crippen molar-refractivity contribution < 1.29 is 37.8 Å². The largest absolute Gasteiger partial charge is 0.495 e. The molecule has 5 rings (SSSR count). The topological polar surface area (TPSA) is 134 Å². The van der Waals surface area contributed by atoms with Crippen LogP contribution in [0.3, 0.4) is 0 Å². The van der Waals surface area contributed by atoms with E-state index in [9.17, 15) is 28.4 Å². The quantitative estimate of drug-likeness (QED) is 0.246. The summed E-state index contributed by atoms with van der Waals surface area (Å²) in [5, 5.41) is 5.91. The lowest BCUT2D eigenvalue weighted by Gasteiger charge is -2.40. The van der Waals surface area contributed by atoms with E-state index < -0.39 is 35.9 Å². The zero-order chi connectivity index (χ0) is 37.9. The molecule has 6 atom stereocenters. The Morgan fingerprint density at radius 1 is 0.849 bits per heavy atom. The highest BCUT2D eigenvalue weighted by Gasteiger charge is 2.44. The highest BCUT2D eigenvalue weighted by Crippen LogP contribution is 2.35. The van der Waals surface area contributed by atoms with Gasteiger partial charge in [0.05, 0.1) is 25.3 Å². The molecule has 3 heterocycles. The van der Waals surface area contributed by atoms with Gasteiger partial charge in [0.2, 0.25) is 23.6 Å². The number of rotatable bonds is 14. The summed E-state index contributed by atoms with van der Waals surface area (Å²) in [4.78, 5) is 71.8. The van der Waals surface area contributed by atoms with Gasteiger partial charge in [-0.25, -0.2) is 9.18 Å². The Balaban J connectivity index is 1.30. The van der Waals surface area contributed by atoms with Gasteiger partial charge in [0.25, 0.3) is 0 Å². The second kappa shape index (κ2) is 19.3. The first-order valence-electron chi connectivity index (χ1n) is 19.0. The summed E-state index contributed by atoms with van der Waals surface area (Å²) in [7, 11) is 2.88. The molecular formula is C40H53FN4O7S. The third-order valence-corrected chi connectivity index (χ3v) is 12.0. The van der Waals surface area contributed by atoms with Crippen LogP contribution >= 0.6 is 11.8 Å². The maximum atomic E-state index is 14.1. The van der Waals surface area contributed by atoms with Crippen molar-refractivity contribution in [1.82, 2.24) is 15.5 Å². The number of carbonyl (C=O) groups excluding carboxylic acids is 5. The number of amides is 4. The van der Waals surface area contributed by atoms with Crippen molar-refractivity contribution in [2.75, 3.05) is 31.4 Å². The fraction of sp³-hybridized carbons (Fsp3) is 0.575. The molecule has 0 aromatic heterocycles. The van der Waals surface area contributed by atoms with Gasteiger partial charge in [0, 0.05) is 18.4 Å². The number of benzene rings is 2. The van der Waals surface area contributed by atoms with Crippen LogP contribution in [0.25, 0.3) is 0 Å². The molecule has 288 valence electrons. The molecule has 4 amide bonds. The van der Waals surface area contributed by atoms with Crippen LogP contribution in [0, 0.1) is 17.7 Å². The molecule has 0 unspecified atom stereocenters. The third-order valence-electron chi connectivity index (χ3n) is 10.7. The lowest BCUT2D eigenvalue weighted by atomic mass is 9.87. The van der Waals surface area contributed by atoms with E-state index in [0.717, 1.165) is 37.7 Å². The van der Waals surface area contributed by atoms with Crippen molar-refractivity contribution >= 4 is 47.0 Å². The summed E-state index contributed by atoms with van der Waals surface area (Å²) in [6.07, 6.45) is 6.88. The molecule has 53 heavy (non-hydrogen) atoms. The molecule has 0 spiro atoms. The summed E-state index contributed by atoms with van der Waals surface area (Å²) in [5.41, 5.74) is 1.43. The lowest BCUT2D eigenvalue weighted by Crippen LogP contribution is -2.57. The van der Waals surface area contributed by atoms with E-state index in [0.29, 0.717) is 62.3 Å². The molecule has 0 radical (unpaired) electrons. The summed E-state index contributed by atoms with van der Waals surface area (Å²) in [6, 6.07) is 11.1. The fourth-order valence-corrected chi connectivity index (χ4v) is 9.17. The van der Waals surface area contributed by atoms with E-state index >= 15 is 0 Å². The Bertz CT molecular complexity index is 1590. The predicted molar refractivity (Wildman–Crippen MR) is 202 cm³/mol. The first kappa shape index (κ1) is 40.1. The highest BCUT2D eigenvalue weighted by molar-refractivity contribution is 7.99. The fourth-order valence-electron chi connectivity index (χ4n) is 7.78. The van der Waals surface area contributed by atoms with E-state index in [1.165, 1.54) is 19.2 Å². The van der Waals surface area contributed by atoms with Gasteiger partial charge in [-0.3, -0.25) is 19.2 Å². The molecule has 11 nitrogen and oxygen atoms in total. The van der Waals surface area contributed by atoms with Crippen molar-refractivity contribution in [3.8, 4) is 5.75 Å². The van der Waals surface area contributed by atoms with Crippen molar-refractivity contribution in [1.29, 1.82) is 0 Å². The maximum Gasteiger partial charge on any atom is 0.328 e. The highest BCUT2D eigenvalue weighted by atomic mass is 32.2. The van der Waals surface area contributed by atoms with E-state index in [2.05, 4.69) is 10.6 Å². The lowest BCUT2D eigenvalue weighted by molar-refractivity contribution is -0.156. The number of carbonyl (C=O) groups is 5. The summed E-state index contributed by atoms with van der Waals surface area (Å²) in [6.45, 7) is 2.52. The average molecular weight is 753 g/mol. The number of anilines is 1. The Morgan fingerprint density at radius 3 is 2.26 bits per heavy atom. The molecule has 2 aromatic rings. The van der Waals surface area contributed by atoms with Gasteiger partial charge in [0.15, 0.2) is 0 Å². The van der Waals surface area contributed by atoms with Gasteiger partial charge < -0.3 is 29.9 Å². The Hall–Kier alpha value is -4.13. The summed E-state index contributed by atoms with van der Waals surface area (Å²) >= 11 is 1.62. The number of esters is 1. The molecule has 2 N–H and O–H groups in total. The minimum atomic E-state index is -0.817. The van der Waals surface area contributed by atoms with E-state index in [4.69, 9.17) is 9.47 Å². The first-order valence-corrected chi connectivity index (χ1v) is 20.0. The number of hydrogen-bond donors (Lipinski definition) is 2. The Labute approximate surface area is 316 Å². The number of hydrogen-bond acceptors (Lipinski definition) is 8. The SMILES string of the molecule is CCC[C@@H](CC[C@H](Cc1ccc(F)cc1)C(=O)N[C@H]1CCS[C@H]2CCC[C@@H](C(=O)OC)N2C1=O)C(=O)N[C@H]1CCCCN(c2ccccc2OC)C1=O. The van der Waals surface area contributed by atoms with Gasteiger partial charge in [-0.15, -0.1) is 11.8 Å². The third kappa shape index (κ3) is 10.1. The minimum absolute atomic E-state index is 0.160. The van der Waals surface area contributed by atoms with Gasteiger partial charge in [0.1, 0.15) is 29.7 Å². The monoisotopic (exact) mass is 752 g/mol. The molecule has 13 heteroatoms. The number of methoxy groups -OCH3 is 2. The van der Waals surface area contributed by atoms with Crippen molar-refractivity contribution in [3.05, 3.63) is 59.9 Å². The van der Waals surface area contributed by atoms with Crippen LogP contribution in [0.2, 0.25) is 0 Å². The molecule has 3 fully saturated rings. The van der Waals surface area contributed by atoms with Crippen LogP contribution in [0.15, 0.2) is 48.5 Å². The molecule has 3 aliphatic heterocycles. The molecule has 3 saturated heterocycles. The molecule has 0 bridgehead atoms. The number of nitrogens with zero attached hydrogens (tertiary/aromatic N) is 2. The number of piperidine rings is 1. The second-order valence-electron chi connectivity index (χ2n) is 14.2. The summed E-state index contributed by atoms with van der Waals surface area (Å²) in [5.74, 6) is -1.71. The van der Waals surface area contributed by atoms with Crippen molar-refractivity contribution in [3.63, 3.8) is 0 Å². The van der Waals surface area contributed by atoms with Gasteiger partial charge in [-0.1, -0.05) is 37.6 Å². The van der Waals surface area contributed by atoms with Gasteiger partial charge in [-0.2, -0.15) is 0 Å². The minimum Gasteiger partial charge on any atom is -0.495 e. The normalized spacial score (nSPS) is 23.2. The number of ether oxygens (including phenoxy) is 2. The molecule has 0 aliphatic carbocycles. The van der Waals surface area contributed by atoms with Crippen LogP contribution in [-0.4, -0.2) is 84.5 Å². The van der Waals surface area contributed by atoms with Crippen LogP contribution in [0.1, 0.15) is 83.1 Å². The van der Waals surface area contributed by atoms with E-state index in [1.807, 2.05) is 31.2 Å². The van der Waals surface area contributed by atoms with Crippen molar-refractivity contribution in [2.24, 2.45) is 11.8 Å². The summed E-state index contributed by atoms with van der Waals surface area (Å²) < 4.78 is 24.4. The second-order valence-corrected chi connectivity index (χ2v) is 15.5. The van der Waals surface area contributed by atoms with Crippen molar-refractivity contribution in [2.45, 2.75) is 107 Å². The number of halogens is 1. The van der Waals surface area contributed by atoms with E-state index in [1.54, 1.807) is 40.8 Å². The smallest absolute Gasteiger partial charge is 0.328 e. The maximum absolute atomic E-state index is 14.1. The number of para-hydroxylation sites is 2. The number of nitrogens with one attached hydrogen (secondary N) is 2. The zero-order valence-electron chi connectivity index (χ0n) is 31.0. The number of fused-ring (bicyclic) bond motifs is 1. The first-order chi connectivity index (χ1) is 25.6. The van der Waals surface area contributed by atoms with Gasteiger partial charge >= 0.3 is 5.97 Å².